The number of amides is 2. The lowest BCUT2D eigenvalue weighted by Crippen LogP contribution is -2.36. The molecule has 0 unspecified atom stereocenters. The van der Waals surface area contributed by atoms with Gasteiger partial charge in [-0.3, -0.25) is 5.01 Å². The van der Waals surface area contributed by atoms with Gasteiger partial charge in [-0.15, -0.1) is 11.3 Å². The van der Waals surface area contributed by atoms with Crippen LogP contribution in [-0.4, -0.2) is 29.2 Å². The molecule has 1 aliphatic rings. The Hall–Kier alpha value is -2.38. The van der Waals surface area contributed by atoms with Crippen LogP contribution >= 0.6 is 11.3 Å². The van der Waals surface area contributed by atoms with Gasteiger partial charge in [0.2, 0.25) is 0 Å². The number of carbonyl (C=O) groups is 2. The predicted octanol–water partition coefficient (Wildman–Crippen LogP) is 3.97. The number of urea groups is 1. The Morgan fingerprint density at radius 2 is 2.00 bits per heavy atom. The van der Waals surface area contributed by atoms with E-state index >= 15 is 0 Å². The molecule has 7 heteroatoms. The maximum atomic E-state index is 12.1. The number of anilines is 1. The molecule has 3 rings (SSSR count). The van der Waals surface area contributed by atoms with Gasteiger partial charge in [0, 0.05) is 17.5 Å². The summed E-state index contributed by atoms with van der Waals surface area (Å²) in [7, 11) is 1.45. The summed E-state index contributed by atoms with van der Waals surface area (Å²) < 4.78 is 0. The number of nitrogens with one attached hydrogen (secondary N) is 1. The molecule has 4 N–H and O–H groups in total. The number of carboxylic acid groups (broad SMARTS) is 1. The second-order valence-electron chi connectivity index (χ2n) is 7.44. The highest BCUT2D eigenvalue weighted by molar-refractivity contribution is 7.16. The molecule has 1 heterocycles. The van der Waals surface area contributed by atoms with Crippen molar-refractivity contribution >= 4 is 29.0 Å². The van der Waals surface area contributed by atoms with Crippen LogP contribution in [0.5, 0.6) is 0 Å². The molecule has 0 saturated heterocycles. The fourth-order valence-electron chi connectivity index (χ4n) is 3.33. The van der Waals surface area contributed by atoms with Crippen LogP contribution in [0.25, 0.3) is 10.4 Å². The van der Waals surface area contributed by atoms with Gasteiger partial charge in [0.15, 0.2) is 0 Å². The number of para-hydroxylation sites is 1. The van der Waals surface area contributed by atoms with E-state index in [4.69, 9.17) is 5.84 Å². The van der Waals surface area contributed by atoms with Crippen LogP contribution in [0.4, 0.5) is 10.5 Å². The fraction of sp³-hybridized carbons (Fsp3) is 0.368. The van der Waals surface area contributed by atoms with Crippen LogP contribution in [0, 0.1) is 5.41 Å². The minimum absolute atomic E-state index is 0.0888. The minimum Gasteiger partial charge on any atom is -0.478 e. The smallest absolute Gasteiger partial charge is 0.337 e. The van der Waals surface area contributed by atoms with Crippen LogP contribution in [0.2, 0.25) is 0 Å². The van der Waals surface area contributed by atoms with E-state index < -0.39 is 12.0 Å². The van der Waals surface area contributed by atoms with Crippen molar-refractivity contribution in [2.45, 2.75) is 33.1 Å². The molecule has 1 aromatic heterocycles. The Bertz CT molecular complexity index is 871. The summed E-state index contributed by atoms with van der Waals surface area (Å²) in [6, 6.07) is 6.77. The Morgan fingerprint density at radius 1 is 1.31 bits per heavy atom. The van der Waals surface area contributed by atoms with Crippen molar-refractivity contribution in [3.8, 4) is 10.4 Å². The largest absolute Gasteiger partial charge is 0.478 e. The number of rotatable bonds is 3. The molecule has 0 radical (unpaired) electrons. The third-order valence-corrected chi connectivity index (χ3v) is 6.05. The summed E-state index contributed by atoms with van der Waals surface area (Å²) in [6.45, 7) is 4.34. The van der Waals surface area contributed by atoms with E-state index in [-0.39, 0.29) is 5.41 Å². The number of hydrogen-bond donors (Lipinski definition) is 3. The average Bonchev–Trinajstić information content (AvgIpc) is 2.92. The quantitative estimate of drug-likeness (QED) is 0.431. The number of benzene rings is 1. The normalized spacial score (nSPS) is 15.2. The first-order valence-electron chi connectivity index (χ1n) is 8.46. The molecule has 26 heavy (non-hydrogen) atoms. The number of carboxylic acids is 1. The Morgan fingerprint density at radius 3 is 2.65 bits per heavy atom. The topological polar surface area (TPSA) is 95.7 Å². The SMILES string of the molecule is CN(N)C(=O)Nc1ccccc1-c1sc2c(c1C(=O)O)CC(C)(C)CC2. The van der Waals surface area contributed by atoms with Crippen molar-refractivity contribution in [1.82, 2.24) is 5.01 Å². The second kappa shape index (κ2) is 6.74. The van der Waals surface area contributed by atoms with Crippen molar-refractivity contribution in [2.75, 3.05) is 12.4 Å². The number of fused-ring (bicyclic) bond motifs is 1. The number of carbonyl (C=O) groups excluding carboxylic acids is 1. The lowest BCUT2D eigenvalue weighted by atomic mass is 9.76. The number of nitrogens with zero attached hydrogens (tertiary/aromatic N) is 1. The van der Waals surface area contributed by atoms with E-state index in [2.05, 4.69) is 19.2 Å². The molecule has 0 saturated carbocycles. The lowest BCUT2D eigenvalue weighted by Gasteiger charge is -2.29. The molecule has 0 aliphatic heterocycles. The van der Waals surface area contributed by atoms with Crippen LogP contribution in [0.1, 0.15) is 41.1 Å². The van der Waals surface area contributed by atoms with Crippen LogP contribution in [0.3, 0.4) is 0 Å². The van der Waals surface area contributed by atoms with Crippen LogP contribution < -0.4 is 11.2 Å². The molecule has 2 aromatic rings. The molecule has 0 atom stereocenters. The molecular formula is C19H23N3O3S. The zero-order valence-electron chi connectivity index (χ0n) is 15.1. The van der Waals surface area contributed by atoms with Gasteiger partial charge >= 0.3 is 12.0 Å². The predicted molar refractivity (Wildman–Crippen MR) is 103 cm³/mol. The first-order chi connectivity index (χ1) is 12.2. The highest BCUT2D eigenvalue weighted by Gasteiger charge is 2.33. The van der Waals surface area contributed by atoms with Crippen LogP contribution in [0.15, 0.2) is 24.3 Å². The van der Waals surface area contributed by atoms with E-state index in [0.717, 1.165) is 34.7 Å². The highest BCUT2D eigenvalue weighted by Crippen LogP contribution is 2.46. The van der Waals surface area contributed by atoms with Gasteiger partial charge in [-0.05, 0) is 36.3 Å². The average molecular weight is 373 g/mol. The molecule has 1 aliphatic carbocycles. The van der Waals surface area contributed by atoms with E-state index in [1.54, 1.807) is 12.1 Å². The van der Waals surface area contributed by atoms with Crippen LogP contribution in [-0.2, 0) is 12.8 Å². The fourth-order valence-corrected chi connectivity index (χ4v) is 4.68. The number of hydrogen-bond acceptors (Lipinski definition) is 4. The highest BCUT2D eigenvalue weighted by atomic mass is 32.1. The van der Waals surface area contributed by atoms with Crippen molar-refractivity contribution in [3.05, 3.63) is 40.3 Å². The van der Waals surface area contributed by atoms with Gasteiger partial charge in [0.25, 0.3) is 0 Å². The molecule has 6 nitrogen and oxygen atoms in total. The second-order valence-corrected chi connectivity index (χ2v) is 8.55. The van der Waals surface area contributed by atoms with E-state index in [1.165, 1.54) is 18.4 Å². The zero-order valence-corrected chi connectivity index (χ0v) is 15.9. The van der Waals surface area contributed by atoms with Gasteiger partial charge in [0.1, 0.15) is 0 Å². The first kappa shape index (κ1) is 18.4. The maximum Gasteiger partial charge on any atom is 0.337 e. The summed E-state index contributed by atoms with van der Waals surface area (Å²) >= 11 is 1.52. The summed E-state index contributed by atoms with van der Waals surface area (Å²) in [4.78, 5) is 25.9. The van der Waals surface area contributed by atoms with Crippen molar-refractivity contribution in [1.29, 1.82) is 0 Å². The summed E-state index contributed by atoms with van der Waals surface area (Å²) in [5, 5.41) is 13.6. The maximum absolute atomic E-state index is 12.1. The summed E-state index contributed by atoms with van der Waals surface area (Å²) in [5.74, 6) is 4.57. The van der Waals surface area contributed by atoms with Crippen molar-refractivity contribution in [3.63, 3.8) is 0 Å². The van der Waals surface area contributed by atoms with E-state index in [0.29, 0.717) is 21.7 Å². The van der Waals surface area contributed by atoms with Gasteiger partial charge < -0.3 is 10.4 Å². The monoisotopic (exact) mass is 373 g/mol. The molecule has 0 spiro atoms. The number of aryl methyl sites for hydroxylation is 1. The third-order valence-electron chi connectivity index (χ3n) is 4.72. The molecular weight excluding hydrogens is 350 g/mol. The van der Waals surface area contributed by atoms with Gasteiger partial charge in [-0.1, -0.05) is 32.0 Å². The Kier molecular flexibility index (Phi) is 4.77. The molecule has 2 amide bonds. The number of nitrogens with two attached hydrogens (primary N) is 1. The molecule has 138 valence electrons. The van der Waals surface area contributed by atoms with Gasteiger partial charge in [0.05, 0.1) is 16.1 Å². The van der Waals surface area contributed by atoms with Crippen molar-refractivity contribution in [2.24, 2.45) is 11.3 Å². The molecule has 1 aromatic carbocycles. The Balaban J connectivity index is 2.13. The van der Waals surface area contributed by atoms with Gasteiger partial charge in [-0.2, -0.15) is 0 Å². The van der Waals surface area contributed by atoms with E-state index in [1.807, 2.05) is 12.1 Å². The molecule has 0 bridgehead atoms. The number of hydrazine groups is 1. The standard InChI is InChI=1S/C19H23N3O3S/c1-19(2)9-8-14-12(10-19)15(17(23)24)16(26-14)11-6-4-5-7-13(11)21-18(25)22(3)20/h4-7H,8-10,20H2,1-3H3,(H,21,25)(H,23,24). The summed E-state index contributed by atoms with van der Waals surface area (Å²) in [5.41, 5.74) is 2.64. The van der Waals surface area contributed by atoms with Gasteiger partial charge in [-0.25, -0.2) is 15.4 Å². The lowest BCUT2D eigenvalue weighted by molar-refractivity contribution is 0.0696. The first-order valence-corrected chi connectivity index (χ1v) is 9.28. The Labute approximate surface area is 156 Å². The summed E-state index contributed by atoms with van der Waals surface area (Å²) in [6.07, 6.45) is 2.67. The third kappa shape index (κ3) is 3.45. The number of thiophene rings is 1. The minimum atomic E-state index is -0.924. The van der Waals surface area contributed by atoms with Crippen molar-refractivity contribution < 1.29 is 14.7 Å². The number of aromatic carboxylic acids is 1. The zero-order chi connectivity index (χ0) is 19.1. The molecule has 0 fully saturated rings. The van der Waals surface area contributed by atoms with E-state index in [9.17, 15) is 14.7 Å².